The number of benzene rings is 1. The minimum absolute atomic E-state index is 0.0601. The molecule has 4 atom stereocenters. The molecule has 3 fully saturated rings. The molecule has 4 aliphatic rings. The van der Waals surface area contributed by atoms with Gasteiger partial charge in [0.2, 0.25) is 11.8 Å². The molecule has 0 bridgehead atoms. The number of pyridine rings is 1. The molecular formula is C21H14Cl4N4O3. The molecule has 3 saturated heterocycles. The van der Waals surface area contributed by atoms with E-state index in [2.05, 4.69) is 10.3 Å². The zero-order valence-electron chi connectivity index (χ0n) is 16.2. The lowest BCUT2D eigenvalue weighted by molar-refractivity contribution is -0.135. The van der Waals surface area contributed by atoms with E-state index in [0.29, 0.717) is 34.3 Å². The van der Waals surface area contributed by atoms with E-state index in [0.717, 1.165) is 11.3 Å². The van der Waals surface area contributed by atoms with E-state index in [9.17, 15) is 14.4 Å². The van der Waals surface area contributed by atoms with Gasteiger partial charge in [-0.05, 0) is 43.7 Å². The predicted molar refractivity (Wildman–Crippen MR) is 120 cm³/mol. The summed E-state index contributed by atoms with van der Waals surface area (Å²) in [7, 11) is 0. The molecule has 32 heavy (non-hydrogen) atoms. The van der Waals surface area contributed by atoms with Crippen molar-refractivity contribution in [2.75, 3.05) is 16.8 Å². The Morgan fingerprint density at radius 3 is 2.44 bits per heavy atom. The van der Waals surface area contributed by atoms with Crippen LogP contribution in [0.25, 0.3) is 0 Å². The van der Waals surface area contributed by atoms with E-state index < -0.39 is 23.3 Å². The van der Waals surface area contributed by atoms with Gasteiger partial charge in [-0.2, -0.15) is 0 Å². The fraction of sp³-hybridized carbons (Fsp3) is 0.333. The summed E-state index contributed by atoms with van der Waals surface area (Å²) in [6.45, 7) is 0.585. The van der Waals surface area contributed by atoms with E-state index in [-0.39, 0.29) is 33.8 Å². The first-order valence-corrected chi connectivity index (χ1v) is 11.5. The molecule has 164 valence electrons. The third kappa shape index (κ3) is 2.43. The average Bonchev–Trinajstić information content (AvgIpc) is 3.40. The SMILES string of the molecule is O=C1C2C3CCCN3C3(C(=O)Nc4c(Cl)cc(Cl)cc43)C2C(=O)N1c1cc(Cl)nc(Cl)c1. The predicted octanol–water partition coefficient (Wildman–Crippen LogP) is 4.13. The van der Waals surface area contributed by atoms with Crippen LogP contribution >= 0.6 is 46.4 Å². The van der Waals surface area contributed by atoms with Crippen LogP contribution in [0.5, 0.6) is 0 Å². The molecule has 6 rings (SSSR count). The van der Waals surface area contributed by atoms with Crippen molar-refractivity contribution in [3.63, 3.8) is 0 Å². The van der Waals surface area contributed by atoms with Crippen molar-refractivity contribution in [3.8, 4) is 0 Å². The number of nitrogens with one attached hydrogen (secondary N) is 1. The number of halogens is 4. The van der Waals surface area contributed by atoms with Crippen LogP contribution in [0, 0.1) is 11.8 Å². The molecule has 1 N–H and O–H groups in total. The summed E-state index contributed by atoms with van der Waals surface area (Å²) >= 11 is 24.8. The number of carbonyl (C=O) groups excluding carboxylic acids is 3. The normalized spacial score (nSPS) is 30.8. The summed E-state index contributed by atoms with van der Waals surface area (Å²) in [6.07, 6.45) is 1.51. The standard InChI is InChI=1S/C21H14Cl4N4O3/c22-8-4-10-17(11(23)5-8)27-20(32)21(10)16-15(12-2-1-3-28(12)21)18(30)29(19(16)31)9-6-13(24)26-14(25)7-9/h4-7,12,15-16H,1-3H2,(H,27,32). The Labute approximate surface area is 202 Å². The van der Waals surface area contributed by atoms with Gasteiger partial charge in [-0.25, -0.2) is 9.88 Å². The van der Waals surface area contributed by atoms with Crippen LogP contribution in [0.3, 0.4) is 0 Å². The quantitative estimate of drug-likeness (QED) is 0.460. The van der Waals surface area contributed by atoms with Crippen LogP contribution in [0.2, 0.25) is 20.4 Å². The monoisotopic (exact) mass is 510 g/mol. The highest BCUT2D eigenvalue weighted by Crippen LogP contribution is 2.61. The second-order valence-corrected chi connectivity index (χ2v) is 10.0. The maximum Gasteiger partial charge on any atom is 0.250 e. The van der Waals surface area contributed by atoms with E-state index in [1.54, 1.807) is 12.1 Å². The molecule has 1 spiro atoms. The van der Waals surface area contributed by atoms with Gasteiger partial charge in [0.1, 0.15) is 15.8 Å². The number of imide groups is 1. The summed E-state index contributed by atoms with van der Waals surface area (Å²) < 4.78 is 0. The Morgan fingerprint density at radius 2 is 1.72 bits per heavy atom. The fourth-order valence-corrected chi connectivity index (χ4v) is 7.05. The highest BCUT2D eigenvalue weighted by molar-refractivity contribution is 6.38. The van der Waals surface area contributed by atoms with Gasteiger partial charge in [-0.15, -0.1) is 0 Å². The van der Waals surface area contributed by atoms with Gasteiger partial charge in [0.25, 0.3) is 5.91 Å². The van der Waals surface area contributed by atoms with Gasteiger partial charge in [0.15, 0.2) is 0 Å². The Hall–Kier alpha value is -1.90. The van der Waals surface area contributed by atoms with Gasteiger partial charge in [0, 0.05) is 16.6 Å². The van der Waals surface area contributed by atoms with E-state index in [1.165, 1.54) is 12.1 Å². The molecule has 0 saturated carbocycles. The van der Waals surface area contributed by atoms with Crippen molar-refractivity contribution in [1.82, 2.24) is 9.88 Å². The van der Waals surface area contributed by atoms with Crippen molar-refractivity contribution in [2.45, 2.75) is 24.4 Å². The Morgan fingerprint density at radius 1 is 1.00 bits per heavy atom. The minimum atomic E-state index is -1.36. The Kier molecular flexibility index (Phi) is 4.40. The highest BCUT2D eigenvalue weighted by atomic mass is 35.5. The van der Waals surface area contributed by atoms with Crippen LogP contribution < -0.4 is 10.2 Å². The molecule has 3 amide bonds. The minimum Gasteiger partial charge on any atom is -0.323 e. The molecule has 0 radical (unpaired) electrons. The summed E-state index contributed by atoms with van der Waals surface area (Å²) in [5.41, 5.74) is -0.159. The van der Waals surface area contributed by atoms with Gasteiger partial charge in [-0.3, -0.25) is 19.3 Å². The van der Waals surface area contributed by atoms with Crippen molar-refractivity contribution >= 4 is 75.5 Å². The molecule has 4 aliphatic heterocycles. The largest absolute Gasteiger partial charge is 0.323 e. The zero-order valence-corrected chi connectivity index (χ0v) is 19.3. The molecule has 1 aromatic heterocycles. The first kappa shape index (κ1) is 20.7. The zero-order chi connectivity index (χ0) is 22.5. The molecule has 1 aromatic carbocycles. The molecule has 2 aromatic rings. The lowest BCUT2D eigenvalue weighted by Crippen LogP contribution is -2.54. The number of carbonyl (C=O) groups is 3. The summed E-state index contributed by atoms with van der Waals surface area (Å²) in [4.78, 5) is 48.1. The first-order valence-electron chi connectivity index (χ1n) is 10.0. The fourth-order valence-electron chi connectivity index (χ4n) is 6.06. The Balaban J connectivity index is 1.58. The van der Waals surface area contributed by atoms with Crippen LogP contribution in [-0.2, 0) is 19.9 Å². The van der Waals surface area contributed by atoms with Crippen LogP contribution in [0.1, 0.15) is 18.4 Å². The lowest BCUT2D eigenvalue weighted by atomic mass is 9.75. The number of nitrogens with zero attached hydrogens (tertiary/aromatic N) is 3. The molecule has 0 aliphatic carbocycles. The lowest BCUT2D eigenvalue weighted by Gasteiger charge is -2.36. The number of hydrogen-bond donors (Lipinski definition) is 1. The topological polar surface area (TPSA) is 82.6 Å². The highest BCUT2D eigenvalue weighted by Gasteiger charge is 2.74. The molecule has 11 heteroatoms. The van der Waals surface area contributed by atoms with E-state index in [1.807, 2.05) is 4.90 Å². The Bertz CT molecular complexity index is 1230. The third-order valence-corrected chi connectivity index (χ3v) is 7.93. The van der Waals surface area contributed by atoms with Crippen molar-refractivity contribution in [1.29, 1.82) is 0 Å². The third-order valence-electron chi connectivity index (χ3n) is 7.02. The summed E-state index contributed by atoms with van der Waals surface area (Å²) in [5, 5.41) is 3.62. The summed E-state index contributed by atoms with van der Waals surface area (Å²) in [5.74, 6) is -2.84. The van der Waals surface area contributed by atoms with Crippen LogP contribution in [0.4, 0.5) is 11.4 Å². The average molecular weight is 512 g/mol. The molecule has 7 nitrogen and oxygen atoms in total. The second-order valence-electron chi connectivity index (χ2n) is 8.42. The summed E-state index contributed by atoms with van der Waals surface area (Å²) in [6, 6.07) is 5.78. The smallest absolute Gasteiger partial charge is 0.250 e. The number of rotatable bonds is 1. The number of aromatic nitrogens is 1. The van der Waals surface area contributed by atoms with E-state index >= 15 is 0 Å². The van der Waals surface area contributed by atoms with Gasteiger partial charge in [0.05, 0.1) is 28.2 Å². The number of hydrogen-bond acceptors (Lipinski definition) is 5. The van der Waals surface area contributed by atoms with E-state index in [4.69, 9.17) is 46.4 Å². The molecule has 5 heterocycles. The first-order chi connectivity index (χ1) is 15.2. The maximum atomic E-state index is 13.9. The second kappa shape index (κ2) is 6.81. The maximum absolute atomic E-state index is 13.9. The van der Waals surface area contributed by atoms with Crippen molar-refractivity contribution in [3.05, 3.63) is 50.2 Å². The number of anilines is 2. The number of fused-ring (bicyclic) bond motifs is 7. The van der Waals surface area contributed by atoms with Crippen molar-refractivity contribution in [2.24, 2.45) is 11.8 Å². The van der Waals surface area contributed by atoms with Gasteiger partial charge in [-0.1, -0.05) is 46.4 Å². The van der Waals surface area contributed by atoms with Gasteiger partial charge >= 0.3 is 0 Å². The van der Waals surface area contributed by atoms with Crippen LogP contribution in [0.15, 0.2) is 24.3 Å². The number of amides is 3. The molecule has 4 unspecified atom stereocenters. The molecular weight excluding hydrogens is 498 g/mol. The van der Waals surface area contributed by atoms with Crippen molar-refractivity contribution < 1.29 is 14.4 Å². The van der Waals surface area contributed by atoms with Gasteiger partial charge < -0.3 is 5.32 Å². The van der Waals surface area contributed by atoms with Crippen LogP contribution in [-0.4, -0.2) is 40.2 Å².